The molecular formula is C9H8ClNO2. The summed E-state index contributed by atoms with van der Waals surface area (Å²) in [7, 11) is 0. The number of hydrogen-bond acceptors (Lipinski definition) is 2. The van der Waals surface area contributed by atoms with Gasteiger partial charge in [0.05, 0.1) is 5.69 Å². The van der Waals surface area contributed by atoms with E-state index in [1.807, 2.05) is 6.92 Å². The van der Waals surface area contributed by atoms with Crippen molar-refractivity contribution in [3.05, 3.63) is 22.7 Å². The van der Waals surface area contributed by atoms with Crippen LogP contribution in [0.3, 0.4) is 0 Å². The predicted molar refractivity (Wildman–Crippen MR) is 50.3 cm³/mol. The smallest absolute Gasteiger partial charge is 0.262 e. The fourth-order valence-electron chi connectivity index (χ4n) is 1.21. The van der Waals surface area contributed by atoms with Crippen LogP contribution in [0.4, 0.5) is 5.69 Å². The third-order valence-electron chi connectivity index (χ3n) is 1.89. The molecule has 13 heavy (non-hydrogen) atoms. The first-order chi connectivity index (χ1) is 6.16. The fraction of sp³-hybridized carbons (Fsp3) is 0.222. The Morgan fingerprint density at radius 3 is 3.08 bits per heavy atom. The Hall–Kier alpha value is -1.22. The van der Waals surface area contributed by atoms with Gasteiger partial charge in [-0.3, -0.25) is 4.79 Å². The number of halogens is 1. The zero-order valence-electron chi connectivity index (χ0n) is 7.06. The number of benzene rings is 1. The van der Waals surface area contributed by atoms with E-state index in [0.717, 1.165) is 5.56 Å². The average molecular weight is 198 g/mol. The average Bonchev–Trinajstić information content (AvgIpc) is 2.08. The van der Waals surface area contributed by atoms with Crippen molar-refractivity contribution in [3.63, 3.8) is 0 Å². The summed E-state index contributed by atoms with van der Waals surface area (Å²) in [6.07, 6.45) is 0. The molecular weight excluding hydrogens is 190 g/mol. The lowest BCUT2D eigenvalue weighted by Gasteiger charge is -2.18. The third kappa shape index (κ3) is 1.47. The molecule has 0 bridgehead atoms. The van der Waals surface area contributed by atoms with Crippen LogP contribution in [0.15, 0.2) is 12.1 Å². The maximum absolute atomic E-state index is 11.0. The Bertz CT molecular complexity index is 376. The SMILES string of the molecule is Cc1cc2c(cc1Cl)OCC(=O)N2. The molecule has 0 spiro atoms. The maximum atomic E-state index is 11.0. The van der Waals surface area contributed by atoms with E-state index in [9.17, 15) is 4.79 Å². The molecule has 1 aliphatic rings. The first kappa shape index (κ1) is 8.38. The summed E-state index contributed by atoms with van der Waals surface area (Å²) in [6.45, 7) is 1.94. The van der Waals surface area contributed by atoms with Crippen LogP contribution in [-0.4, -0.2) is 12.5 Å². The number of aryl methyl sites for hydroxylation is 1. The molecule has 1 aliphatic heterocycles. The molecule has 1 aromatic carbocycles. The van der Waals surface area contributed by atoms with Gasteiger partial charge in [0.1, 0.15) is 5.75 Å². The van der Waals surface area contributed by atoms with E-state index in [0.29, 0.717) is 16.5 Å². The molecule has 0 saturated carbocycles. The number of carbonyl (C=O) groups is 1. The number of hydrogen-bond donors (Lipinski definition) is 1. The summed E-state index contributed by atoms with van der Waals surface area (Å²) in [5.41, 5.74) is 1.62. The zero-order chi connectivity index (χ0) is 9.42. The summed E-state index contributed by atoms with van der Waals surface area (Å²) in [6, 6.07) is 3.51. The van der Waals surface area contributed by atoms with Crippen LogP contribution in [0.1, 0.15) is 5.56 Å². The quantitative estimate of drug-likeness (QED) is 0.691. The number of rotatable bonds is 0. The van der Waals surface area contributed by atoms with Gasteiger partial charge in [-0.05, 0) is 18.6 Å². The van der Waals surface area contributed by atoms with E-state index >= 15 is 0 Å². The van der Waals surface area contributed by atoms with Crippen LogP contribution < -0.4 is 10.1 Å². The molecule has 1 N–H and O–H groups in total. The minimum atomic E-state index is -0.130. The van der Waals surface area contributed by atoms with E-state index in [2.05, 4.69) is 5.32 Å². The highest BCUT2D eigenvalue weighted by Gasteiger charge is 2.16. The zero-order valence-corrected chi connectivity index (χ0v) is 7.81. The predicted octanol–water partition coefficient (Wildman–Crippen LogP) is 1.98. The second-order valence-electron chi connectivity index (χ2n) is 2.93. The molecule has 0 atom stereocenters. The number of nitrogens with one attached hydrogen (secondary N) is 1. The van der Waals surface area contributed by atoms with Crippen LogP contribution in [0.25, 0.3) is 0 Å². The minimum Gasteiger partial charge on any atom is -0.482 e. The standard InChI is InChI=1S/C9H8ClNO2/c1-5-2-7-8(3-6(5)10)13-4-9(12)11-7/h2-3H,4H2,1H3,(H,11,12). The molecule has 0 saturated heterocycles. The van der Waals surface area contributed by atoms with Crippen molar-refractivity contribution in [2.75, 3.05) is 11.9 Å². The molecule has 4 heteroatoms. The fourth-order valence-corrected chi connectivity index (χ4v) is 1.36. The lowest BCUT2D eigenvalue weighted by Crippen LogP contribution is -2.25. The van der Waals surface area contributed by atoms with Crippen LogP contribution in [0.5, 0.6) is 5.75 Å². The maximum Gasteiger partial charge on any atom is 0.262 e. The van der Waals surface area contributed by atoms with Gasteiger partial charge in [0, 0.05) is 11.1 Å². The van der Waals surface area contributed by atoms with Crippen molar-refractivity contribution in [2.24, 2.45) is 0 Å². The molecule has 3 nitrogen and oxygen atoms in total. The lowest BCUT2D eigenvalue weighted by atomic mass is 10.2. The van der Waals surface area contributed by atoms with E-state index in [4.69, 9.17) is 16.3 Å². The highest BCUT2D eigenvalue weighted by Crippen LogP contribution is 2.32. The summed E-state index contributed by atoms with van der Waals surface area (Å²) in [4.78, 5) is 11.0. The van der Waals surface area contributed by atoms with Gasteiger partial charge >= 0.3 is 0 Å². The topological polar surface area (TPSA) is 38.3 Å². The number of carbonyl (C=O) groups excluding carboxylic acids is 1. The van der Waals surface area contributed by atoms with Gasteiger partial charge in [0.25, 0.3) is 5.91 Å². The van der Waals surface area contributed by atoms with Gasteiger partial charge in [-0.1, -0.05) is 11.6 Å². The van der Waals surface area contributed by atoms with Crippen molar-refractivity contribution in [1.29, 1.82) is 0 Å². The molecule has 2 rings (SSSR count). The molecule has 0 fully saturated rings. The first-order valence-corrected chi connectivity index (χ1v) is 4.27. The number of ether oxygens (including phenoxy) is 1. The second kappa shape index (κ2) is 2.92. The van der Waals surface area contributed by atoms with Gasteiger partial charge in [-0.25, -0.2) is 0 Å². The van der Waals surface area contributed by atoms with Gasteiger partial charge in [-0.15, -0.1) is 0 Å². The normalized spacial score (nSPS) is 14.5. The molecule has 0 aromatic heterocycles. The van der Waals surface area contributed by atoms with Gasteiger partial charge in [0.15, 0.2) is 6.61 Å². The van der Waals surface area contributed by atoms with Crippen molar-refractivity contribution in [1.82, 2.24) is 0 Å². The molecule has 68 valence electrons. The van der Waals surface area contributed by atoms with Crippen LogP contribution in [0.2, 0.25) is 5.02 Å². The Kier molecular flexibility index (Phi) is 1.88. The monoisotopic (exact) mass is 197 g/mol. The van der Waals surface area contributed by atoms with Gasteiger partial charge in [0.2, 0.25) is 0 Å². The summed E-state index contributed by atoms with van der Waals surface area (Å²) in [5, 5.41) is 3.35. The summed E-state index contributed by atoms with van der Waals surface area (Å²) in [5.74, 6) is 0.504. The van der Waals surface area contributed by atoms with Crippen molar-refractivity contribution in [3.8, 4) is 5.75 Å². The van der Waals surface area contributed by atoms with Crippen LogP contribution >= 0.6 is 11.6 Å². The number of anilines is 1. The van der Waals surface area contributed by atoms with E-state index in [1.54, 1.807) is 12.1 Å². The molecule has 1 amide bonds. The highest BCUT2D eigenvalue weighted by molar-refractivity contribution is 6.31. The van der Waals surface area contributed by atoms with Crippen molar-refractivity contribution >= 4 is 23.2 Å². The lowest BCUT2D eigenvalue weighted by molar-refractivity contribution is -0.118. The van der Waals surface area contributed by atoms with Crippen LogP contribution in [-0.2, 0) is 4.79 Å². The molecule has 1 heterocycles. The third-order valence-corrected chi connectivity index (χ3v) is 2.30. The molecule has 0 unspecified atom stereocenters. The van der Waals surface area contributed by atoms with Gasteiger partial charge in [-0.2, -0.15) is 0 Å². The molecule has 0 radical (unpaired) electrons. The second-order valence-corrected chi connectivity index (χ2v) is 3.34. The first-order valence-electron chi connectivity index (χ1n) is 3.89. The van der Waals surface area contributed by atoms with E-state index in [-0.39, 0.29) is 12.5 Å². The largest absolute Gasteiger partial charge is 0.482 e. The summed E-state index contributed by atoms with van der Waals surface area (Å²) < 4.78 is 5.18. The van der Waals surface area contributed by atoms with Gasteiger partial charge < -0.3 is 10.1 Å². The Labute approximate surface area is 80.6 Å². The highest BCUT2D eigenvalue weighted by atomic mass is 35.5. The Morgan fingerprint density at radius 2 is 2.31 bits per heavy atom. The van der Waals surface area contributed by atoms with Crippen molar-refractivity contribution in [2.45, 2.75) is 6.92 Å². The Balaban J connectivity index is 2.49. The molecule has 0 aliphatic carbocycles. The van der Waals surface area contributed by atoms with Crippen molar-refractivity contribution < 1.29 is 9.53 Å². The van der Waals surface area contributed by atoms with E-state index < -0.39 is 0 Å². The summed E-state index contributed by atoms with van der Waals surface area (Å²) >= 11 is 5.89. The Morgan fingerprint density at radius 1 is 1.54 bits per heavy atom. The van der Waals surface area contributed by atoms with E-state index in [1.165, 1.54) is 0 Å². The number of fused-ring (bicyclic) bond motifs is 1. The molecule has 1 aromatic rings. The van der Waals surface area contributed by atoms with Crippen LogP contribution in [0, 0.1) is 6.92 Å². The number of amides is 1. The minimum absolute atomic E-state index is 0.0619.